The molecule has 0 saturated carbocycles. The van der Waals surface area contributed by atoms with E-state index in [4.69, 9.17) is 15.0 Å². The van der Waals surface area contributed by atoms with Crippen LogP contribution in [0.4, 0.5) is 0 Å². The zero-order valence-corrected chi connectivity index (χ0v) is 43.8. The van der Waals surface area contributed by atoms with Gasteiger partial charge < -0.3 is 9.13 Å². The Morgan fingerprint density at radius 2 is 0.605 bits per heavy atom. The minimum Gasteiger partial charge on any atom is -0.331 e. The highest BCUT2D eigenvalue weighted by Gasteiger charge is 2.20. The van der Waals surface area contributed by atoms with Crippen molar-refractivity contribution in [3.8, 4) is 123 Å². The maximum atomic E-state index is 4.92. The average molecular weight is 980 g/mol. The zero-order chi connectivity index (χ0) is 51.9. The van der Waals surface area contributed by atoms with Gasteiger partial charge in [0.05, 0.1) is 17.1 Å². The van der Waals surface area contributed by atoms with Crippen molar-refractivity contribution in [2.45, 2.75) is 27.7 Å². The molecule has 5 nitrogen and oxygen atoms in total. The lowest BCUT2D eigenvalue weighted by Gasteiger charge is -2.19. The minimum absolute atomic E-state index is 0.937. The fraction of sp³-hybridized carbons (Fsp3) is 0.0845. The number of pyridine rings is 1. The summed E-state index contributed by atoms with van der Waals surface area (Å²) in [6.45, 7) is 8.40. The van der Waals surface area contributed by atoms with Gasteiger partial charge in [0.25, 0.3) is 0 Å². The first kappa shape index (κ1) is 47.5. The summed E-state index contributed by atoms with van der Waals surface area (Å²) < 4.78 is 4.36. The average Bonchev–Trinajstić information content (AvgIpc) is 3.92. The monoisotopic (exact) mass is 979 g/mol. The highest BCUT2D eigenvalue weighted by atomic mass is 15.1. The molecule has 9 aromatic carbocycles. The molecule has 0 saturated heterocycles. The molecule has 0 spiro atoms. The molecule has 0 aliphatic rings. The minimum atomic E-state index is 0.937. The third-order valence-electron chi connectivity index (χ3n) is 15.4. The van der Waals surface area contributed by atoms with E-state index in [0.29, 0.717) is 0 Å². The van der Waals surface area contributed by atoms with Crippen molar-refractivity contribution in [2.75, 3.05) is 0 Å². The highest BCUT2D eigenvalue weighted by Crippen LogP contribution is 2.45. The van der Waals surface area contributed by atoms with Crippen molar-refractivity contribution in [1.82, 2.24) is 24.1 Å². The Balaban J connectivity index is 1.03. The summed E-state index contributed by atoms with van der Waals surface area (Å²) >= 11 is 0. The van der Waals surface area contributed by atoms with Gasteiger partial charge in [0, 0.05) is 48.4 Å². The number of imidazole rings is 2. The lowest BCUT2D eigenvalue weighted by Crippen LogP contribution is -1.95. The molecule has 0 radical (unpaired) electrons. The first-order valence-corrected chi connectivity index (χ1v) is 26.0. The van der Waals surface area contributed by atoms with Crippen LogP contribution in [0.5, 0.6) is 0 Å². The van der Waals surface area contributed by atoms with Gasteiger partial charge in [-0.3, -0.25) is 4.98 Å². The molecule has 5 heteroatoms. The van der Waals surface area contributed by atoms with Gasteiger partial charge in [-0.1, -0.05) is 194 Å². The van der Waals surface area contributed by atoms with E-state index in [-0.39, 0.29) is 0 Å². The van der Waals surface area contributed by atoms with Crippen LogP contribution < -0.4 is 0 Å². The maximum absolute atomic E-state index is 4.92. The Hall–Kier alpha value is -9.45. The van der Waals surface area contributed by atoms with Gasteiger partial charge in [-0.25, -0.2) is 9.97 Å². The fourth-order valence-corrected chi connectivity index (χ4v) is 10.8. The molecular formula is C71H57N5. The summed E-state index contributed by atoms with van der Waals surface area (Å²) in [6, 6.07) is 84.0. The van der Waals surface area contributed by atoms with Gasteiger partial charge in [-0.05, 0) is 153 Å². The van der Waals surface area contributed by atoms with E-state index in [1.165, 1.54) is 22.5 Å². The van der Waals surface area contributed by atoms with Crippen LogP contribution in [0.15, 0.2) is 237 Å². The topological polar surface area (TPSA) is 48.5 Å². The number of nitrogens with zero attached hydrogens (tertiary/aromatic N) is 5. The molecule has 366 valence electrons. The van der Waals surface area contributed by atoms with E-state index in [2.05, 4.69) is 275 Å². The van der Waals surface area contributed by atoms with Gasteiger partial charge in [0.2, 0.25) is 0 Å². The van der Waals surface area contributed by atoms with Crippen molar-refractivity contribution in [3.63, 3.8) is 0 Å². The van der Waals surface area contributed by atoms with Crippen LogP contribution in [-0.2, 0) is 14.1 Å². The summed E-state index contributed by atoms with van der Waals surface area (Å²) in [7, 11) is 4.18. The SMILES string of the molecule is Cc1nc(-c2ccc(-c3ccccc3-c3cc(-c4ccccc4-c4ccc(-c5nc(C)c(C)n5C)cc4)cc(-c4ccccc4-c4ccc(-c5ccccn5)cc4-c4ccc(-c5ccccc5)cc4)c3)cc2)n(C)c1C. The molecule has 12 aromatic rings. The summed E-state index contributed by atoms with van der Waals surface area (Å²) in [5.74, 6) is 1.94. The quantitative estimate of drug-likeness (QED) is 0.130. The third kappa shape index (κ3) is 8.96. The van der Waals surface area contributed by atoms with Gasteiger partial charge in [0.15, 0.2) is 0 Å². The summed E-state index contributed by atoms with van der Waals surface area (Å²) in [6.07, 6.45) is 1.87. The van der Waals surface area contributed by atoms with Crippen LogP contribution in [0.1, 0.15) is 22.8 Å². The summed E-state index contributed by atoms with van der Waals surface area (Å²) in [5.41, 5.74) is 27.0. The van der Waals surface area contributed by atoms with E-state index in [1.807, 2.05) is 12.3 Å². The Labute approximate surface area is 446 Å². The maximum Gasteiger partial charge on any atom is 0.140 e. The van der Waals surface area contributed by atoms with Crippen LogP contribution in [-0.4, -0.2) is 24.1 Å². The van der Waals surface area contributed by atoms with Gasteiger partial charge in [-0.2, -0.15) is 0 Å². The van der Waals surface area contributed by atoms with E-state index in [9.17, 15) is 0 Å². The molecule has 0 aliphatic heterocycles. The second-order valence-corrected chi connectivity index (χ2v) is 19.8. The van der Waals surface area contributed by atoms with Crippen molar-refractivity contribution < 1.29 is 0 Å². The van der Waals surface area contributed by atoms with Crippen molar-refractivity contribution >= 4 is 0 Å². The standard InChI is InChI=1S/C71H57N5/c1-46-48(3)75(5)70(73-46)55-35-31-52(32-36-55)61-20-10-12-22-63(61)58-42-59(64-23-13-11-21-62(64)53-33-37-56(38-34-53)71-74-47(2)49(4)76(71)6)44-60(43-58)65-24-14-15-25-66(65)67-40-39-57(69-26-16-17-41-72-69)45-68(67)54-29-27-51(28-30-54)50-18-8-7-9-19-50/h7-45H,1-6H3. The van der Waals surface area contributed by atoms with Crippen molar-refractivity contribution in [1.29, 1.82) is 0 Å². The molecule has 0 unspecified atom stereocenters. The summed E-state index contributed by atoms with van der Waals surface area (Å²) in [5, 5.41) is 0. The highest BCUT2D eigenvalue weighted by molar-refractivity contribution is 5.97. The molecule has 0 amide bonds. The van der Waals surface area contributed by atoms with E-state index < -0.39 is 0 Å². The number of hydrogen-bond acceptors (Lipinski definition) is 3. The normalized spacial score (nSPS) is 11.3. The zero-order valence-electron chi connectivity index (χ0n) is 43.8. The van der Waals surface area contributed by atoms with E-state index in [1.54, 1.807) is 0 Å². The van der Waals surface area contributed by atoms with E-state index >= 15 is 0 Å². The molecule has 0 N–H and O–H groups in total. The largest absolute Gasteiger partial charge is 0.331 e. The van der Waals surface area contributed by atoms with Gasteiger partial charge in [-0.15, -0.1) is 0 Å². The number of benzene rings is 9. The fourth-order valence-electron chi connectivity index (χ4n) is 10.8. The number of rotatable bonds is 11. The van der Waals surface area contributed by atoms with E-state index in [0.717, 1.165) is 123 Å². The Morgan fingerprint density at radius 3 is 1.04 bits per heavy atom. The smallest absolute Gasteiger partial charge is 0.140 e. The van der Waals surface area contributed by atoms with Crippen LogP contribution in [0.25, 0.3) is 123 Å². The molecule has 3 aromatic heterocycles. The molecule has 0 bridgehead atoms. The first-order valence-electron chi connectivity index (χ1n) is 26.0. The molecule has 12 rings (SSSR count). The summed E-state index contributed by atoms with van der Waals surface area (Å²) in [4.78, 5) is 14.6. The number of aryl methyl sites for hydroxylation is 2. The predicted molar refractivity (Wildman–Crippen MR) is 317 cm³/mol. The Kier molecular flexibility index (Phi) is 12.6. The molecular weight excluding hydrogens is 923 g/mol. The second-order valence-electron chi connectivity index (χ2n) is 19.8. The van der Waals surface area contributed by atoms with Crippen LogP contribution in [0.3, 0.4) is 0 Å². The van der Waals surface area contributed by atoms with Crippen LogP contribution in [0, 0.1) is 27.7 Å². The van der Waals surface area contributed by atoms with Crippen molar-refractivity contribution in [3.05, 3.63) is 259 Å². The molecule has 76 heavy (non-hydrogen) atoms. The molecule has 0 fully saturated rings. The number of hydrogen-bond donors (Lipinski definition) is 0. The molecule has 3 heterocycles. The molecule has 0 aliphatic carbocycles. The predicted octanol–water partition coefficient (Wildman–Crippen LogP) is 18.1. The first-order chi connectivity index (χ1) is 37.2. The lowest BCUT2D eigenvalue weighted by atomic mass is 9.84. The molecule has 0 atom stereocenters. The van der Waals surface area contributed by atoms with Crippen molar-refractivity contribution in [2.24, 2.45) is 14.1 Å². The van der Waals surface area contributed by atoms with Gasteiger partial charge >= 0.3 is 0 Å². The van der Waals surface area contributed by atoms with Gasteiger partial charge in [0.1, 0.15) is 11.6 Å². The van der Waals surface area contributed by atoms with Crippen LogP contribution >= 0.6 is 0 Å². The second kappa shape index (κ2) is 20.1. The lowest BCUT2D eigenvalue weighted by molar-refractivity contribution is 0.881. The van der Waals surface area contributed by atoms with Crippen LogP contribution in [0.2, 0.25) is 0 Å². The Bertz CT molecular complexity index is 3910. The number of aromatic nitrogens is 5. The third-order valence-corrected chi connectivity index (χ3v) is 15.4. The Morgan fingerprint density at radius 1 is 0.263 bits per heavy atom.